The first kappa shape index (κ1) is 10.8. The molecule has 0 aliphatic heterocycles. The molecule has 0 bridgehead atoms. The lowest BCUT2D eigenvalue weighted by Crippen LogP contribution is -2.06. The molecule has 0 heterocycles. The van der Waals surface area contributed by atoms with Gasteiger partial charge in [0.2, 0.25) is 0 Å². The van der Waals surface area contributed by atoms with Crippen molar-refractivity contribution in [1.29, 1.82) is 0 Å². The van der Waals surface area contributed by atoms with Gasteiger partial charge in [0.1, 0.15) is 0 Å². The standard InChI is InChI=1S/C12H23N/c1-13-11-7-3-6-10-12-8-4-2-5-9-12/h3,6,12-13H,2,4-5,7-11H2,1H3. The normalized spacial score (nSPS) is 19.8. The Labute approximate surface area is 82.6 Å². The van der Waals surface area contributed by atoms with E-state index in [0.717, 1.165) is 12.5 Å². The van der Waals surface area contributed by atoms with Crippen LogP contribution in [0.1, 0.15) is 44.9 Å². The van der Waals surface area contributed by atoms with Crippen LogP contribution >= 0.6 is 0 Å². The van der Waals surface area contributed by atoms with Gasteiger partial charge in [0.05, 0.1) is 0 Å². The minimum absolute atomic E-state index is 1.000. The largest absolute Gasteiger partial charge is 0.319 e. The van der Waals surface area contributed by atoms with Crippen LogP contribution in [0, 0.1) is 5.92 Å². The quantitative estimate of drug-likeness (QED) is 0.507. The van der Waals surface area contributed by atoms with E-state index in [0.29, 0.717) is 0 Å². The predicted octanol–water partition coefficient (Wildman–Crippen LogP) is 3.12. The van der Waals surface area contributed by atoms with E-state index in [4.69, 9.17) is 0 Å². The number of hydrogen-bond acceptors (Lipinski definition) is 1. The van der Waals surface area contributed by atoms with Crippen LogP contribution in [0.3, 0.4) is 0 Å². The second-order valence-electron chi connectivity index (χ2n) is 4.10. The van der Waals surface area contributed by atoms with E-state index in [-0.39, 0.29) is 0 Å². The molecule has 0 atom stereocenters. The maximum atomic E-state index is 3.15. The highest BCUT2D eigenvalue weighted by Crippen LogP contribution is 2.26. The summed E-state index contributed by atoms with van der Waals surface area (Å²) in [5.74, 6) is 1.000. The summed E-state index contributed by atoms with van der Waals surface area (Å²) >= 11 is 0. The van der Waals surface area contributed by atoms with Crippen LogP contribution in [0.4, 0.5) is 0 Å². The van der Waals surface area contributed by atoms with E-state index in [2.05, 4.69) is 17.5 Å². The monoisotopic (exact) mass is 181 g/mol. The summed E-state index contributed by atoms with van der Waals surface area (Å²) in [4.78, 5) is 0. The van der Waals surface area contributed by atoms with Crippen molar-refractivity contribution in [3.8, 4) is 0 Å². The molecule has 0 spiro atoms. The molecule has 1 aliphatic carbocycles. The first-order chi connectivity index (χ1) is 6.43. The molecule has 1 rings (SSSR count). The average molecular weight is 181 g/mol. The van der Waals surface area contributed by atoms with Gasteiger partial charge in [-0.25, -0.2) is 0 Å². The van der Waals surface area contributed by atoms with Gasteiger partial charge in [-0.15, -0.1) is 0 Å². The third-order valence-electron chi connectivity index (χ3n) is 2.92. The summed E-state index contributed by atoms with van der Waals surface area (Å²) in [7, 11) is 2.01. The second kappa shape index (κ2) is 7.14. The van der Waals surface area contributed by atoms with Gasteiger partial charge in [-0.3, -0.25) is 0 Å². The van der Waals surface area contributed by atoms with Gasteiger partial charge in [0.25, 0.3) is 0 Å². The predicted molar refractivity (Wildman–Crippen MR) is 58.9 cm³/mol. The summed E-state index contributed by atoms with van der Waals surface area (Å²) in [6.07, 6.45) is 14.6. The van der Waals surface area contributed by atoms with E-state index in [9.17, 15) is 0 Å². The molecule has 0 unspecified atom stereocenters. The van der Waals surface area contributed by atoms with Crippen LogP contribution in [0.5, 0.6) is 0 Å². The summed E-state index contributed by atoms with van der Waals surface area (Å²) in [5.41, 5.74) is 0. The minimum atomic E-state index is 1.000. The van der Waals surface area contributed by atoms with Gasteiger partial charge in [0.15, 0.2) is 0 Å². The Bertz CT molecular complexity index is 134. The van der Waals surface area contributed by atoms with Crippen molar-refractivity contribution in [3.63, 3.8) is 0 Å². The van der Waals surface area contributed by atoms with Crippen molar-refractivity contribution in [2.45, 2.75) is 44.9 Å². The van der Waals surface area contributed by atoms with Crippen molar-refractivity contribution in [2.75, 3.05) is 13.6 Å². The van der Waals surface area contributed by atoms with Crippen LogP contribution < -0.4 is 5.32 Å². The van der Waals surface area contributed by atoms with Gasteiger partial charge in [-0.05, 0) is 32.4 Å². The SMILES string of the molecule is CNCCC=CCC1CCCCC1. The Morgan fingerprint density at radius 1 is 1.15 bits per heavy atom. The van der Waals surface area contributed by atoms with Crippen molar-refractivity contribution in [1.82, 2.24) is 5.32 Å². The topological polar surface area (TPSA) is 12.0 Å². The molecule has 0 aromatic rings. The van der Waals surface area contributed by atoms with Crippen molar-refractivity contribution in [3.05, 3.63) is 12.2 Å². The molecule has 76 valence electrons. The van der Waals surface area contributed by atoms with E-state index in [1.165, 1.54) is 44.9 Å². The molecule has 1 heteroatoms. The van der Waals surface area contributed by atoms with Crippen LogP contribution in [0.2, 0.25) is 0 Å². The molecule has 1 saturated carbocycles. The maximum Gasteiger partial charge on any atom is -0.00173 e. The molecule has 0 aromatic carbocycles. The highest BCUT2D eigenvalue weighted by molar-refractivity contribution is 4.85. The molecule has 1 nitrogen and oxygen atoms in total. The summed E-state index contributed by atoms with van der Waals surface area (Å²) < 4.78 is 0. The molecule has 0 radical (unpaired) electrons. The fourth-order valence-electron chi connectivity index (χ4n) is 2.06. The zero-order valence-corrected chi connectivity index (χ0v) is 8.89. The number of rotatable bonds is 5. The fraction of sp³-hybridized carbons (Fsp3) is 0.833. The Hall–Kier alpha value is -0.300. The zero-order chi connectivity index (χ0) is 9.36. The maximum absolute atomic E-state index is 3.15. The van der Waals surface area contributed by atoms with Gasteiger partial charge in [-0.1, -0.05) is 44.3 Å². The van der Waals surface area contributed by atoms with E-state index in [1.54, 1.807) is 0 Å². The minimum Gasteiger partial charge on any atom is -0.319 e. The lowest BCUT2D eigenvalue weighted by molar-refractivity contribution is 0.361. The Morgan fingerprint density at radius 2 is 1.92 bits per heavy atom. The molecule has 1 fully saturated rings. The van der Waals surface area contributed by atoms with Gasteiger partial charge < -0.3 is 5.32 Å². The van der Waals surface area contributed by atoms with Gasteiger partial charge >= 0.3 is 0 Å². The fourth-order valence-corrected chi connectivity index (χ4v) is 2.06. The summed E-state index contributed by atoms with van der Waals surface area (Å²) in [5, 5.41) is 3.15. The lowest BCUT2D eigenvalue weighted by atomic mass is 9.87. The van der Waals surface area contributed by atoms with E-state index >= 15 is 0 Å². The Morgan fingerprint density at radius 3 is 2.62 bits per heavy atom. The highest BCUT2D eigenvalue weighted by Gasteiger charge is 2.10. The van der Waals surface area contributed by atoms with Crippen LogP contribution in [-0.4, -0.2) is 13.6 Å². The summed E-state index contributed by atoms with van der Waals surface area (Å²) in [6.45, 7) is 1.11. The number of allylic oxidation sites excluding steroid dienone is 1. The van der Waals surface area contributed by atoms with E-state index < -0.39 is 0 Å². The zero-order valence-electron chi connectivity index (χ0n) is 8.89. The molecule has 0 aromatic heterocycles. The van der Waals surface area contributed by atoms with Gasteiger partial charge in [-0.2, -0.15) is 0 Å². The third kappa shape index (κ3) is 5.09. The number of hydrogen-bond donors (Lipinski definition) is 1. The summed E-state index contributed by atoms with van der Waals surface area (Å²) in [6, 6.07) is 0. The first-order valence-corrected chi connectivity index (χ1v) is 5.73. The number of nitrogens with one attached hydrogen (secondary N) is 1. The Kier molecular flexibility index (Phi) is 5.92. The smallest absolute Gasteiger partial charge is 0.00173 e. The molecular formula is C12H23N. The Balaban J connectivity index is 2.00. The first-order valence-electron chi connectivity index (χ1n) is 5.73. The van der Waals surface area contributed by atoms with Crippen LogP contribution in [0.15, 0.2) is 12.2 Å². The average Bonchev–Trinajstić information content (AvgIpc) is 2.19. The molecule has 13 heavy (non-hydrogen) atoms. The highest BCUT2D eigenvalue weighted by atomic mass is 14.8. The van der Waals surface area contributed by atoms with Crippen molar-refractivity contribution in [2.24, 2.45) is 5.92 Å². The lowest BCUT2D eigenvalue weighted by Gasteiger charge is -2.19. The molecule has 1 N–H and O–H groups in total. The van der Waals surface area contributed by atoms with Crippen molar-refractivity contribution >= 4 is 0 Å². The molecular weight excluding hydrogens is 158 g/mol. The van der Waals surface area contributed by atoms with Crippen LogP contribution in [0.25, 0.3) is 0 Å². The van der Waals surface area contributed by atoms with Crippen LogP contribution in [-0.2, 0) is 0 Å². The molecule has 0 amide bonds. The molecule has 1 aliphatic rings. The van der Waals surface area contributed by atoms with Gasteiger partial charge in [0, 0.05) is 0 Å². The molecule has 0 saturated heterocycles. The third-order valence-corrected chi connectivity index (χ3v) is 2.92. The van der Waals surface area contributed by atoms with Crippen molar-refractivity contribution < 1.29 is 0 Å². The second-order valence-corrected chi connectivity index (χ2v) is 4.10. The van der Waals surface area contributed by atoms with E-state index in [1.807, 2.05) is 7.05 Å².